The summed E-state index contributed by atoms with van der Waals surface area (Å²) in [6.07, 6.45) is 0.492. The molecule has 0 atom stereocenters. The van der Waals surface area contributed by atoms with Crippen molar-refractivity contribution in [2.24, 2.45) is 0 Å². The van der Waals surface area contributed by atoms with Gasteiger partial charge in [0.25, 0.3) is 0 Å². The quantitative estimate of drug-likeness (QED) is 0.807. The van der Waals surface area contributed by atoms with Crippen LogP contribution in [-0.2, 0) is 11.3 Å². The fraction of sp³-hybridized carbons (Fsp3) is 0.500. The van der Waals surface area contributed by atoms with E-state index in [9.17, 15) is 4.79 Å². The van der Waals surface area contributed by atoms with Crippen molar-refractivity contribution in [2.75, 3.05) is 34.9 Å². The van der Waals surface area contributed by atoms with Crippen LogP contribution in [-0.4, -0.2) is 45.7 Å². The second-order valence-electron chi connectivity index (χ2n) is 4.28. The average molecular weight is 266 g/mol. The molecule has 0 aliphatic rings. The van der Waals surface area contributed by atoms with E-state index in [1.165, 1.54) is 0 Å². The van der Waals surface area contributed by atoms with Gasteiger partial charge in [0, 0.05) is 38.2 Å². The topological polar surface area (TPSA) is 50.8 Å². The predicted molar refractivity (Wildman–Crippen MR) is 74.6 cm³/mol. The maximum Gasteiger partial charge on any atom is 0.223 e. The van der Waals surface area contributed by atoms with Gasteiger partial charge < -0.3 is 19.7 Å². The standard InChI is InChI=1S/C14H22N2O3/c1-15-8-7-14(17)16(2)10-11-5-6-12(18-3)9-13(11)19-4/h5-6,9,15H,7-8,10H2,1-4H3. The predicted octanol–water partition coefficient (Wildman–Crippen LogP) is 1.27. The lowest BCUT2D eigenvalue weighted by molar-refractivity contribution is -0.130. The van der Waals surface area contributed by atoms with Crippen molar-refractivity contribution >= 4 is 5.91 Å². The Kier molecular flexibility index (Phi) is 6.15. The fourth-order valence-corrected chi connectivity index (χ4v) is 1.75. The van der Waals surface area contributed by atoms with E-state index in [2.05, 4.69) is 5.32 Å². The van der Waals surface area contributed by atoms with Crippen molar-refractivity contribution in [3.05, 3.63) is 23.8 Å². The molecule has 1 N–H and O–H groups in total. The second-order valence-corrected chi connectivity index (χ2v) is 4.28. The zero-order valence-electron chi connectivity index (χ0n) is 12.0. The van der Waals surface area contributed by atoms with E-state index < -0.39 is 0 Å². The largest absolute Gasteiger partial charge is 0.497 e. The highest BCUT2D eigenvalue weighted by Crippen LogP contribution is 2.25. The number of ether oxygens (including phenoxy) is 2. The van der Waals surface area contributed by atoms with E-state index >= 15 is 0 Å². The zero-order valence-corrected chi connectivity index (χ0v) is 12.0. The Morgan fingerprint density at radius 3 is 2.63 bits per heavy atom. The van der Waals surface area contributed by atoms with E-state index in [1.807, 2.05) is 25.2 Å². The number of methoxy groups -OCH3 is 2. The molecular formula is C14H22N2O3. The Labute approximate surface area is 114 Å². The summed E-state index contributed by atoms with van der Waals surface area (Å²) in [5, 5.41) is 2.97. The molecule has 0 saturated heterocycles. The molecular weight excluding hydrogens is 244 g/mol. The van der Waals surface area contributed by atoms with Crippen LogP contribution in [0.5, 0.6) is 11.5 Å². The lowest BCUT2D eigenvalue weighted by Gasteiger charge is -2.19. The van der Waals surface area contributed by atoms with E-state index in [4.69, 9.17) is 9.47 Å². The highest BCUT2D eigenvalue weighted by atomic mass is 16.5. The smallest absolute Gasteiger partial charge is 0.223 e. The van der Waals surface area contributed by atoms with Crippen molar-refractivity contribution in [3.8, 4) is 11.5 Å². The molecule has 1 aromatic carbocycles. The van der Waals surface area contributed by atoms with Crippen LogP contribution in [0.15, 0.2) is 18.2 Å². The molecule has 0 aliphatic heterocycles. The number of carbonyl (C=O) groups excluding carboxylic acids is 1. The number of carbonyl (C=O) groups is 1. The second kappa shape index (κ2) is 7.63. The molecule has 0 heterocycles. The Hall–Kier alpha value is -1.75. The van der Waals surface area contributed by atoms with Gasteiger partial charge in [-0.05, 0) is 19.2 Å². The number of nitrogens with one attached hydrogen (secondary N) is 1. The highest BCUT2D eigenvalue weighted by molar-refractivity contribution is 5.76. The first-order valence-corrected chi connectivity index (χ1v) is 6.21. The summed E-state index contributed by atoms with van der Waals surface area (Å²) in [6, 6.07) is 5.60. The molecule has 0 radical (unpaired) electrons. The summed E-state index contributed by atoms with van der Waals surface area (Å²) in [6.45, 7) is 1.21. The van der Waals surface area contributed by atoms with Crippen molar-refractivity contribution in [2.45, 2.75) is 13.0 Å². The summed E-state index contributed by atoms with van der Waals surface area (Å²) in [7, 11) is 6.85. The van der Waals surface area contributed by atoms with Gasteiger partial charge >= 0.3 is 0 Å². The molecule has 0 saturated carbocycles. The molecule has 0 aliphatic carbocycles. The molecule has 0 aromatic heterocycles. The molecule has 0 unspecified atom stereocenters. The molecule has 0 fully saturated rings. The minimum absolute atomic E-state index is 0.104. The Balaban J connectivity index is 2.72. The Morgan fingerprint density at radius 2 is 2.05 bits per heavy atom. The fourth-order valence-electron chi connectivity index (χ4n) is 1.75. The van der Waals surface area contributed by atoms with Gasteiger partial charge in [-0.2, -0.15) is 0 Å². The third-order valence-electron chi connectivity index (χ3n) is 2.92. The van der Waals surface area contributed by atoms with Crippen LogP contribution < -0.4 is 14.8 Å². The third-order valence-corrected chi connectivity index (χ3v) is 2.92. The molecule has 19 heavy (non-hydrogen) atoms. The van der Waals surface area contributed by atoms with Gasteiger partial charge in [0.2, 0.25) is 5.91 Å². The third kappa shape index (κ3) is 4.44. The van der Waals surface area contributed by atoms with Crippen LogP contribution >= 0.6 is 0 Å². The molecule has 0 spiro atoms. The number of hydrogen-bond acceptors (Lipinski definition) is 4. The van der Waals surface area contributed by atoms with Crippen LogP contribution in [0.4, 0.5) is 0 Å². The molecule has 1 rings (SSSR count). The summed E-state index contributed by atoms with van der Waals surface area (Å²) < 4.78 is 10.5. The van der Waals surface area contributed by atoms with Crippen LogP contribution in [0.25, 0.3) is 0 Å². The first-order valence-electron chi connectivity index (χ1n) is 6.21. The van der Waals surface area contributed by atoms with Crippen LogP contribution in [0.3, 0.4) is 0 Å². The normalized spacial score (nSPS) is 10.1. The van der Waals surface area contributed by atoms with Gasteiger partial charge in [-0.15, -0.1) is 0 Å². The van der Waals surface area contributed by atoms with Gasteiger partial charge in [-0.25, -0.2) is 0 Å². The summed E-state index contributed by atoms with van der Waals surface area (Å²) in [4.78, 5) is 13.5. The molecule has 1 amide bonds. The van der Waals surface area contributed by atoms with E-state index in [1.54, 1.807) is 26.2 Å². The number of benzene rings is 1. The van der Waals surface area contributed by atoms with Crippen molar-refractivity contribution < 1.29 is 14.3 Å². The molecule has 5 heteroatoms. The zero-order chi connectivity index (χ0) is 14.3. The van der Waals surface area contributed by atoms with Crippen LogP contribution in [0.2, 0.25) is 0 Å². The van der Waals surface area contributed by atoms with E-state index in [0.717, 1.165) is 17.1 Å². The van der Waals surface area contributed by atoms with Crippen LogP contribution in [0.1, 0.15) is 12.0 Å². The van der Waals surface area contributed by atoms with Gasteiger partial charge in [-0.3, -0.25) is 4.79 Å². The number of hydrogen-bond donors (Lipinski definition) is 1. The van der Waals surface area contributed by atoms with Gasteiger partial charge in [0.05, 0.1) is 14.2 Å². The Morgan fingerprint density at radius 1 is 1.32 bits per heavy atom. The van der Waals surface area contributed by atoms with Gasteiger partial charge in [-0.1, -0.05) is 0 Å². The van der Waals surface area contributed by atoms with E-state index in [-0.39, 0.29) is 5.91 Å². The van der Waals surface area contributed by atoms with Gasteiger partial charge in [0.15, 0.2) is 0 Å². The van der Waals surface area contributed by atoms with Gasteiger partial charge in [0.1, 0.15) is 11.5 Å². The minimum Gasteiger partial charge on any atom is -0.497 e. The number of nitrogens with zero attached hydrogens (tertiary/aromatic N) is 1. The Bertz CT molecular complexity index is 421. The summed E-state index contributed by atoms with van der Waals surface area (Å²) in [5.41, 5.74) is 0.962. The molecule has 5 nitrogen and oxygen atoms in total. The van der Waals surface area contributed by atoms with Crippen LogP contribution in [0, 0.1) is 0 Å². The van der Waals surface area contributed by atoms with Crippen molar-refractivity contribution in [1.82, 2.24) is 10.2 Å². The molecule has 106 valence electrons. The minimum atomic E-state index is 0.104. The molecule has 1 aromatic rings. The van der Waals surface area contributed by atoms with Crippen molar-refractivity contribution in [3.63, 3.8) is 0 Å². The van der Waals surface area contributed by atoms with Crippen molar-refractivity contribution in [1.29, 1.82) is 0 Å². The average Bonchev–Trinajstić information content (AvgIpc) is 2.44. The number of rotatable bonds is 7. The van der Waals surface area contributed by atoms with E-state index in [0.29, 0.717) is 19.5 Å². The molecule has 0 bridgehead atoms. The first kappa shape index (κ1) is 15.3. The lowest BCUT2D eigenvalue weighted by Crippen LogP contribution is -2.28. The SMILES string of the molecule is CNCCC(=O)N(C)Cc1ccc(OC)cc1OC. The monoisotopic (exact) mass is 266 g/mol. The summed E-state index contributed by atoms with van der Waals surface area (Å²) in [5.74, 6) is 1.57. The maximum absolute atomic E-state index is 11.8. The summed E-state index contributed by atoms with van der Waals surface area (Å²) >= 11 is 0. The highest BCUT2D eigenvalue weighted by Gasteiger charge is 2.12. The number of amides is 1. The maximum atomic E-state index is 11.8. The first-order chi connectivity index (χ1) is 9.12. The lowest BCUT2D eigenvalue weighted by atomic mass is 10.1.